The molecule has 6 nitrogen and oxygen atoms in total. The van der Waals surface area contributed by atoms with E-state index in [1.54, 1.807) is 18.5 Å². The lowest BCUT2D eigenvalue weighted by molar-refractivity contribution is 0.0626. The molecule has 0 N–H and O–H groups in total. The van der Waals surface area contributed by atoms with Gasteiger partial charge in [0.05, 0.1) is 5.69 Å². The average molecular weight is 400 g/mol. The Morgan fingerprint density at radius 1 is 1.18 bits per heavy atom. The molecule has 2 saturated heterocycles. The SMILES string of the molecule is Cc1nc(-c2ncccn2)sc1C(=O)N1CCCC(CN2CCC(C)CC2)C1. The second kappa shape index (κ2) is 8.66. The molecule has 7 heteroatoms. The van der Waals surface area contributed by atoms with E-state index in [2.05, 4.69) is 26.8 Å². The van der Waals surface area contributed by atoms with E-state index in [1.807, 2.05) is 11.8 Å². The van der Waals surface area contributed by atoms with Crippen LogP contribution >= 0.6 is 11.3 Å². The summed E-state index contributed by atoms with van der Waals surface area (Å²) in [6, 6.07) is 1.78. The molecule has 0 spiro atoms. The highest BCUT2D eigenvalue weighted by Crippen LogP contribution is 2.28. The van der Waals surface area contributed by atoms with Gasteiger partial charge < -0.3 is 9.80 Å². The van der Waals surface area contributed by atoms with Crippen LogP contribution in [0.2, 0.25) is 0 Å². The predicted molar refractivity (Wildman–Crippen MR) is 111 cm³/mol. The fourth-order valence-corrected chi connectivity index (χ4v) is 5.23. The van der Waals surface area contributed by atoms with Crippen molar-refractivity contribution in [3.63, 3.8) is 0 Å². The monoisotopic (exact) mass is 399 g/mol. The molecule has 28 heavy (non-hydrogen) atoms. The number of piperidine rings is 2. The largest absolute Gasteiger partial charge is 0.338 e. The lowest BCUT2D eigenvalue weighted by Gasteiger charge is -2.37. The Morgan fingerprint density at radius 2 is 1.93 bits per heavy atom. The van der Waals surface area contributed by atoms with Crippen LogP contribution in [0.1, 0.15) is 48.0 Å². The minimum atomic E-state index is 0.120. The average Bonchev–Trinajstić information content (AvgIpc) is 3.12. The summed E-state index contributed by atoms with van der Waals surface area (Å²) in [5.41, 5.74) is 0.782. The van der Waals surface area contributed by atoms with Crippen molar-refractivity contribution in [2.75, 3.05) is 32.7 Å². The molecule has 2 aliphatic heterocycles. The van der Waals surface area contributed by atoms with Gasteiger partial charge in [-0.25, -0.2) is 15.0 Å². The van der Waals surface area contributed by atoms with Crippen LogP contribution in [0, 0.1) is 18.8 Å². The van der Waals surface area contributed by atoms with E-state index in [-0.39, 0.29) is 5.91 Å². The molecule has 0 aliphatic carbocycles. The molecule has 0 radical (unpaired) electrons. The number of aryl methyl sites for hydroxylation is 1. The number of nitrogens with zero attached hydrogens (tertiary/aromatic N) is 5. The molecule has 2 fully saturated rings. The second-order valence-electron chi connectivity index (χ2n) is 8.25. The molecular weight excluding hydrogens is 370 g/mol. The Labute approximate surface area is 171 Å². The molecule has 0 bridgehead atoms. The van der Waals surface area contributed by atoms with Crippen molar-refractivity contribution in [1.29, 1.82) is 0 Å². The molecule has 1 unspecified atom stereocenters. The lowest BCUT2D eigenvalue weighted by Crippen LogP contribution is -2.45. The number of carbonyl (C=O) groups is 1. The Bertz CT molecular complexity index is 800. The molecule has 150 valence electrons. The first-order chi connectivity index (χ1) is 13.6. The van der Waals surface area contributed by atoms with Crippen molar-refractivity contribution in [2.45, 2.75) is 39.5 Å². The zero-order chi connectivity index (χ0) is 19.5. The van der Waals surface area contributed by atoms with Gasteiger partial charge in [0.1, 0.15) is 4.88 Å². The van der Waals surface area contributed by atoms with Gasteiger partial charge in [-0.15, -0.1) is 11.3 Å². The summed E-state index contributed by atoms with van der Waals surface area (Å²) in [6.45, 7) is 9.51. The number of hydrogen-bond donors (Lipinski definition) is 0. The molecule has 2 aliphatic rings. The zero-order valence-corrected chi connectivity index (χ0v) is 17.6. The van der Waals surface area contributed by atoms with Crippen molar-refractivity contribution < 1.29 is 4.79 Å². The summed E-state index contributed by atoms with van der Waals surface area (Å²) < 4.78 is 0. The highest BCUT2D eigenvalue weighted by atomic mass is 32.1. The number of likely N-dealkylation sites (tertiary alicyclic amines) is 2. The Morgan fingerprint density at radius 3 is 2.68 bits per heavy atom. The molecular formula is C21H29N5OS. The highest BCUT2D eigenvalue weighted by molar-refractivity contribution is 7.17. The smallest absolute Gasteiger partial charge is 0.265 e. The van der Waals surface area contributed by atoms with Crippen LogP contribution in [0.4, 0.5) is 0 Å². The third kappa shape index (κ3) is 4.41. The van der Waals surface area contributed by atoms with Crippen LogP contribution < -0.4 is 0 Å². The maximum absolute atomic E-state index is 13.2. The maximum Gasteiger partial charge on any atom is 0.265 e. The van der Waals surface area contributed by atoms with Crippen molar-refractivity contribution in [2.24, 2.45) is 11.8 Å². The number of aromatic nitrogens is 3. The van der Waals surface area contributed by atoms with E-state index < -0.39 is 0 Å². The molecule has 1 atom stereocenters. The predicted octanol–water partition coefficient (Wildman–Crippen LogP) is 3.49. The van der Waals surface area contributed by atoms with Crippen molar-refractivity contribution in [3.05, 3.63) is 29.0 Å². The van der Waals surface area contributed by atoms with Gasteiger partial charge in [0.25, 0.3) is 5.91 Å². The van der Waals surface area contributed by atoms with Crippen LogP contribution in [0.25, 0.3) is 10.8 Å². The quantitative estimate of drug-likeness (QED) is 0.787. The number of thiazole rings is 1. The van der Waals surface area contributed by atoms with Crippen molar-refractivity contribution in [3.8, 4) is 10.8 Å². The van der Waals surface area contributed by atoms with Gasteiger partial charge in [-0.05, 0) is 63.6 Å². The third-order valence-electron chi connectivity index (χ3n) is 5.95. The van der Waals surface area contributed by atoms with Crippen molar-refractivity contribution in [1.82, 2.24) is 24.8 Å². The summed E-state index contributed by atoms with van der Waals surface area (Å²) in [5.74, 6) is 2.15. The van der Waals surface area contributed by atoms with Crippen LogP contribution in [-0.2, 0) is 0 Å². The van der Waals surface area contributed by atoms with E-state index in [4.69, 9.17) is 0 Å². The van der Waals surface area contributed by atoms with Gasteiger partial charge in [-0.1, -0.05) is 6.92 Å². The van der Waals surface area contributed by atoms with Crippen molar-refractivity contribution >= 4 is 17.2 Å². The fourth-order valence-electron chi connectivity index (χ4n) is 4.25. The molecule has 1 amide bonds. The second-order valence-corrected chi connectivity index (χ2v) is 9.25. The van der Waals surface area contributed by atoms with Gasteiger partial charge in [0.2, 0.25) is 0 Å². The summed E-state index contributed by atoms with van der Waals surface area (Å²) in [7, 11) is 0. The Balaban J connectivity index is 1.41. The maximum atomic E-state index is 13.2. The first-order valence-electron chi connectivity index (χ1n) is 10.4. The highest BCUT2D eigenvalue weighted by Gasteiger charge is 2.29. The molecule has 4 rings (SSSR count). The summed E-state index contributed by atoms with van der Waals surface area (Å²) in [5, 5.41) is 0.720. The van der Waals surface area contributed by atoms with E-state index in [0.29, 0.717) is 11.7 Å². The normalized spacial score (nSPS) is 21.8. The van der Waals surface area contributed by atoms with Gasteiger partial charge in [-0.3, -0.25) is 4.79 Å². The summed E-state index contributed by atoms with van der Waals surface area (Å²) in [4.78, 5) is 31.6. The fraction of sp³-hybridized carbons (Fsp3) is 0.619. The summed E-state index contributed by atoms with van der Waals surface area (Å²) >= 11 is 1.41. The minimum Gasteiger partial charge on any atom is -0.338 e. The number of carbonyl (C=O) groups excluding carboxylic acids is 1. The van der Waals surface area contributed by atoms with E-state index >= 15 is 0 Å². The van der Waals surface area contributed by atoms with E-state index in [1.165, 1.54) is 43.7 Å². The van der Waals surface area contributed by atoms with Gasteiger partial charge in [-0.2, -0.15) is 0 Å². The topological polar surface area (TPSA) is 62.2 Å². The number of rotatable bonds is 4. The lowest BCUT2D eigenvalue weighted by atomic mass is 9.94. The molecule has 4 heterocycles. The first kappa shape index (κ1) is 19.5. The zero-order valence-electron chi connectivity index (χ0n) is 16.8. The standard InChI is InChI=1S/C21H29N5OS/c1-15-6-11-25(12-7-15)13-17-5-3-10-26(14-17)21(27)18-16(2)24-20(28-18)19-22-8-4-9-23-19/h4,8-9,15,17H,3,5-7,10-14H2,1-2H3. The number of hydrogen-bond acceptors (Lipinski definition) is 6. The van der Waals surface area contributed by atoms with E-state index in [0.717, 1.165) is 47.6 Å². The van der Waals surface area contributed by atoms with Gasteiger partial charge >= 0.3 is 0 Å². The van der Waals surface area contributed by atoms with Crippen LogP contribution in [0.15, 0.2) is 18.5 Å². The van der Waals surface area contributed by atoms with Crippen LogP contribution in [0.3, 0.4) is 0 Å². The van der Waals surface area contributed by atoms with Crippen LogP contribution in [0.5, 0.6) is 0 Å². The van der Waals surface area contributed by atoms with E-state index in [9.17, 15) is 4.79 Å². The third-order valence-corrected chi connectivity index (χ3v) is 7.09. The minimum absolute atomic E-state index is 0.120. The first-order valence-corrected chi connectivity index (χ1v) is 11.2. The summed E-state index contributed by atoms with van der Waals surface area (Å²) in [6.07, 6.45) is 8.33. The number of amides is 1. The molecule has 0 saturated carbocycles. The van der Waals surface area contributed by atoms with Gasteiger partial charge in [0.15, 0.2) is 10.8 Å². The molecule has 2 aromatic rings. The van der Waals surface area contributed by atoms with Gasteiger partial charge in [0, 0.05) is 32.0 Å². The molecule has 2 aromatic heterocycles. The van der Waals surface area contributed by atoms with Crippen LogP contribution in [-0.4, -0.2) is 63.4 Å². The molecule has 0 aromatic carbocycles. The Kier molecular flexibility index (Phi) is 6.01. The Hall–Kier alpha value is -1.86.